The molecule has 1 amide bonds. The van der Waals surface area contributed by atoms with Gasteiger partial charge < -0.3 is 9.88 Å². The van der Waals surface area contributed by atoms with E-state index in [-0.39, 0.29) is 23.2 Å². The van der Waals surface area contributed by atoms with Crippen LogP contribution in [0.4, 0.5) is 0 Å². The molecule has 1 aromatic carbocycles. The van der Waals surface area contributed by atoms with Crippen molar-refractivity contribution >= 4 is 38.9 Å². The van der Waals surface area contributed by atoms with Gasteiger partial charge in [0, 0.05) is 19.3 Å². The van der Waals surface area contributed by atoms with E-state index in [1.807, 2.05) is 12.1 Å². The van der Waals surface area contributed by atoms with Crippen molar-refractivity contribution < 1.29 is 13.2 Å². The Kier molecular flexibility index (Phi) is 4.85. The smallest absolute Gasteiger partial charge is 0.244 e. The summed E-state index contributed by atoms with van der Waals surface area (Å²) < 4.78 is 26.6. The lowest BCUT2D eigenvalue weighted by molar-refractivity contribution is -0.127. The molecule has 2 aromatic heterocycles. The first kappa shape index (κ1) is 18.0. The van der Waals surface area contributed by atoms with E-state index in [9.17, 15) is 13.2 Å². The van der Waals surface area contributed by atoms with Crippen molar-refractivity contribution in [3.05, 3.63) is 48.7 Å². The molecule has 0 spiro atoms. The number of rotatable bonds is 5. The molecule has 0 atom stereocenters. The normalized spacial score (nSPS) is 15.5. The van der Waals surface area contributed by atoms with Gasteiger partial charge in [-0.05, 0) is 24.3 Å². The van der Waals surface area contributed by atoms with E-state index in [1.54, 1.807) is 41.4 Å². The highest BCUT2D eigenvalue weighted by atomic mass is 32.2. The Balaban J connectivity index is 1.38. The zero-order chi connectivity index (χ0) is 18.9. The summed E-state index contributed by atoms with van der Waals surface area (Å²) in [6, 6.07) is 11.9. The van der Waals surface area contributed by atoms with Crippen LogP contribution in [-0.2, 0) is 14.8 Å². The van der Waals surface area contributed by atoms with E-state index in [0.717, 1.165) is 5.52 Å². The molecule has 0 saturated carbocycles. The Morgan fingerprint density at radius 2 is 1.96 bits per heavy atom. The van der Waals surface area contributed by atoms with Crippen molar-refractivity contribution in [3.8, 4) is 0 Å². The predicted molar refractivity (Wildman–Crippen MR) is 102 cm³/mol. The van der Waals surface area contributed by atoms with Gasteiger partial charge in [0.1, 0.15) is 0 Å². The molecule has 1 aliphatic rings. The molecule has 8 nitrogen and oxygen atoms in total. The van der Waals surface area contributed by atoms with Crippen LogP contribution in [0.3, 0.4) is 0 Å². The summed E-state index contributed by atoms with van der Waals surface area (Å²) in [5.74, 6) is 0.0538. The number of thioether (sulfide) groups is 1. The minimum absolute atomic E-state index is 0.0678. The summed E-state index contributed by atoms with van der Waals surface area (Å²) in [4.78, 5) is 25.8. The number of hydrogen-bond donors (Lipinski definition) is 1. The number of aromatic nitrogens is 3. The van der Waals surface area contributed by atoms with Crippen LogP contribution < -0.4 is 0 Å². The molecule has 3 heterocycles. The standard InChI is InChI=1S/C17H17N5O3S2/c23-15(11-26-17-19-14-7-4-8-18-16(14)20-17)21-9-10-22(12-21)27(24,25)13-5-2-1-3-6-13/h1-8H,9-12H2,(H,18,19,20). The highest BCUT2D eigenvalue weighted by Gasteiger charge is 2.33. The van der Waals surface area contributed by atoms with Gasteiger partial charge in [0.25, 0.3) is 0 Å². The Bertz CT molecular complexity index is 1040. The van der Waals surface area contributed by atoms with E-state index in [1.165, 1.54) is 16.1 Å². The van der Waals surface area contributed by atoms with Crippen LogP contribution in [0.1, 0.15) is 0 Å². The molecule has 3 aromatic rings. The average Bonchev–Trinajstić information content (AvgIpc) is 3.34. The van der Waals surface area contributed by atoms with E-state index in [0.29, 0.717) is 23.9 Å². The monoisotopic (exact) mass is 403 g/mol. The molecule has 0 aliphatic carbocycles. The minimum Gasteiger partial charge on any atom is -0.332 e. The number of H-pyrrole nitrogens is 1. The van der Waals surface area contributed by atoms with Gasteiger partial charge in [-0.2, -0.15) is 4.31 Å². The van der Waals surface area contributed by atoms with Crippen LogP contribution in [0.2, 0.25) is 0 Å². The van der Waals surface area contributed by atoms with Gasteiger partial charge in [-0.1, -0.05) is 30.0 Å². The molecule has 1 fully saturated rings. The Hall–Kier alpha value is -2.43. The van der Waals surface area contributed by atoms with Gasteiger partial charge >= 0.3 is 0 Å². The van der Waals surface area contributed by atoms with Crippen LogP contribution in [-0.4, -0.2) is 64.0 Å². The first-order valence-corrected chi connectivity index (χ1v) is 10.7. The molecule has 1 saturated heterocycles. The van der Waals surface area contributed by atoms with Crippen LogP contribution in [0, 0.1) is 0 Å². The topological polar surface area (TPSA) is 99.3 Å². The number of amides is 1. The van der Waals surface area contributed by atoms with Crippen LogP contribution in [0.25, 0.3) is 11.2 Å². The first-order valence-electron chi connectivity index (χ1n) is 8.30. The molecule has 140 valence electrons. The third-order valence-corrected chi connectivity index (χ3v) is 6.95. The fourth-order valence-electron chi connectivity index (χ4n) is 2.82. The molecule has 27 heavy (non-hydrogen) atoms. The lowest BCUT2D eigenvalue weighted by Gasteiger charge is -2.18. The van der Waals surface area contributed by atoms with E-state index < -0.39 is 10.0 Å². The maximum absolute atomic E-state index is 12.6. The summed E-state index contributed by atoms with van der Waals surface area (Å²) in [6.07, 6.45) is 1.66. The second-order valence-corrected chi connectivity index (χ2v) is 8.90. The zero-order valence-corrected chi connectivity index (χ0v) is 15.9. The van der Waals surface area contributed by atoms with Crippen molar-refractivity contribution in [2.45, 2.75) is 10.1 Å². The van der Waals surface area contributed by atoms with Crippen LogP contribution in [0.15, 0.2) is 58.7 Å². The predicted octanol–water partition coefficient (Wildman–Crippen LogP) is 1.54. The second kappa shape index (κ2) is 7.29. The highest BCUT2D eigenvalue weighted by molar-refractivity contribution is 7.99. The number of benzene rings is 1. The maximum atomic E-state index is 12.6. The quantitative estimate of drug-likeness (QED) is 0.649. The molecular weight excluding hydrogens is 386 g/mol. The van der Waals surface area contributed by atoms with Gasteiger partial charge in [-0.3, -0.25) is 4.79 Å². The van der Waals surface area contributed by atoms with Gasteiger partial charge in [0.2, 0.25) is 15.9 Å². The molecule has 0 radical (unpaired) electrons. The lowest BCUT2D eigenvalue weighted by Crippen LogP contribution is -2.34. The first-order chi connectivity index (χ1) is 13.0. The number of pyridine rings is 1. The number of sulfonamides is 1. The summed E-state index contributed by atoms with van der Waals surface area (Å²) in [5.41, 5.74) is 1.42. The summed E-state index contributed by atoms with van der Waals surface area (Å²) >= 11 is 1.28. The fourth-order valence-corrected chi connectivity index (χ4v) is 5.01. The number of imidazole rings is 1. The SMILES string of the molecule is O=C(CSc1nc2ncccc2[nH]1)N1CCN(S(=O)(=O)c2ccccc2)C1. The number of hydrogen-bond acceptors (Lipinski definition) is 6. The number of nitrogens with one attached hydrogen (secondary N) is 1. The van der Waals surface area contributed by atoms with Gasteiger partial charge in [-0.25, -0.2) is 18.4 Å². The minimum atomic E-state index is -3.58. The lowest BCUT2D eigenvalue weighted by atomic mass is 10.4. The molecule has 1 N–H and O–H groups in total. The Labute approximate surface area is 160 Å². The number of aromatic amines is 1. The average molecular weight is 403 g/mol. The summed E-state index contributed by atoms with van der Waals surface area (Å²) in [7, 11) is -3.58. The van der Waals surface area contributed by atoms with Gasteiger partial charge in [0.05, 0.1) is 22.8 Å². The Morgan fingerprint density at radius 1 is 1.15 bits per heavy atom. The summed E-state index contributed by atoms with van der Waals surface area (Å²) in [6.45, 7) is 0.744. The van der Waals surface area contributed by atoms with E-state index in [2.05, 4.69) is 15.0 Å². The van der Waals surface area contributed by atoms with Gasteiger partial charge in [-0.15, -0.1) is 0 Å². The highest BCUT2D eigenvalue weighted by Crippen LogP contribution is 2.21. The van der Waals surface area contributed by atoms with Crippen LogP contribution in [0.5, 0.6) is 0 Å². The third kappa shape index (κ3) is 3.68. The Morgan fingerprint density at radius 3 is 2.74 bits per heavy atom. The number of carbonyl (C=O) groups is 1. The van der Waals surface area contributed by atoms with Crippen molar-refractivity contribution in [1.82, 2.24) is 24.2 Å². The van der Waals surface area contributed by atoms with Gasteiger partial charge in [0.15, 0.2) is 10.8 Å². The number of carbonyl (C=O) groups excluding carboxylic acids is 1. The number of fused-ring (bicyclic) bond motifs is 1. The van der Waals surface area contributed by atoms with Crippen molar-refractivity contribution in [3.63, 3.8) is 0 Å². The molecular formula is C17H17N5O3S2. The molecule has 10 heteroatoms. The molecule has 0 bridgehead atoms. The van der Waals surface area contributed by atoms with Crippen LogP contribution >= 0.6 is 11.8 Å². The number of nitrogens with zero attached hydrogens (tertiary/aromatic N) is 4. The third-order valence-electron chi connectivity index (χ3n) is 4.25. The molecule has 4 rings (SSSR count). The largest absolute Gasteiger partial charge is 0.332 e. The zero-order valence-electron chi connectivity index (χ0n) is 14.3. The van der Waals surface area contributed by atoms with E-state index >= 15 is 0 Å². The van der Waals surface area contributed by atoms with E-state index in [4.69, 9.17) is 0 Å². The molecule has 1 aliphatic heterocycles. The van der Waals surface area contributed by atoms with Crippen molar-refractivity contribution in [2.24, 2.45) is 0 Å². The summed E-state index contributed by atoms with van der Waals surface area (Å²) in [5, 5.41) is 0.616. The van der Waals surface area contributed by atoms with Crippen molar-refractivity contribution in [1.29, 1.82) is 0 Å². The fraction of sp³-hybridized carbons (Fsp3) is 0.235. The molecule has 0 unspecified atom stereocenters. The second-order valence-electron chi connectivity index (χ2n) is 6.00. The maximum Gasteiger partial charge on any atom is 0.244 e. The van der Waals surface area contributed by atoms with Crippen molar-refractivity contribution in [2.75, 3.05) is 25.5 Å².